The molecule has 0 N–H and O–H groups in total. The molecule has 0 atom stereocenters. The summed E-state index contributed by atoms with van der Waals surface area (Å²) in [7, 11) is 0. The zero-order valence-electron chi connectivity index (χ0n) is 2.93. The van der Waals surface area contributed by atoms with Gasteiger partial charge in [0.1, 0.15) is 0 Å². The first-order chi connectivity index (χ1) is 0. The molecule has 0 aromatic carbocycles. The van der Waals surface area contributed by atoms with Gasteiger partial charge in [0, 0.05) is 0 Å². The fourth-order valence-corrected chi connectivity index (χ4v) is 0. The molecule has 0 aliphatic carbocycles. The van der Waals surface area contributed by atoms with E-state index in [2.05, 4.69) is 0 Å². The molecule has 0 saturated carbocycles. The summed E-state index contributed by atoms with van der Waals surface area (Å²) in [4.78, 5) is 0. The largest absolute Gasteiger partial charge is 2.00 e. The Morgan fingerprint density at radius 1 is 0.714 bits per heavy atom. The van der Waals surface area contributed by atoms with E-state index in [0.29, 0.717) is 0 Å². The van der Waals surface area contributed by atoms with Crippen LogP contribution in [0.1, 0.15) is 0 Å². The van der Waals surface area contributed by atoms with Gasteiger partial charge in [-0.05, 0) is 0 Å². The summed E-state index contributed by atoms with van der Waals surface area (Å²) >= 11 is 0. The van der Waals surface area contributed by atoms with E-state index in [0.717, 1.165) is 0 Å². The van der Waals surface area contributed by atoms with Crippen molar-refractivity contribution in [2.45, 2.75) is 0 Å². The maximum atomic E-state index is 0. The van der Waals surface area contributed by atoms with Gasteiger partial charge in [-0.25, -0.2) is 0 Å². The summed E-state index contributed by atoms with van der Waals surface area (Å²) in [6.07, 6.45) is 0. The van der Waals surface area contributed by atoms with Gasteiger partial charge in [-0.1, -0.05) is 0 Å². The second-order valence-electron chi connectivity index (χ2n) is 0. The second-order valence-corrected chi connectivity index (χ2v) is 0. The molecular weight excluding hydrogens is 639 g/mol. The molecule has 0 amide bonds. The van der Waals surface area contributed by atoms with Crippen LogP contribution in [0.2, 0.25) is 0 Å². The van der Waals surface area contributed by atoms with Crippen LogP contribution in [0.3, 0.4) is 0 Å². The van der Waals surface area contributed by atoms with Crippen molar-refractivity contribution in [2.75, 3.05) is 0 Å². The molecule has 0 aromatic heterocycles. The minimum Gasteiger partial charge on any atom is -1.00 e. The van der Waals surface area contributed by atoms with Crippen molar-refractivity contribution in [3.05, 3.63) is 0 Å². The van der Waals surface area contributed by atoms with Crippen molar-refractivity contribution in [1.29, 1.82) is 0 Å². The topological polar surface area (TPSA) is 0 Å². The molecular formula is H2Ba2CaCl2I2. The molecule has 36 valence electrons. The third-order valence-electron chi connectivity index (χ3n) is 0. The van der Waals surface area contributed by atoms with Crippen molar-refractivity contribution >= 4 is 136 Å². The van der Waals surface area contributed by atoms with Crippen LogP contribution < -0.4 is 72.8 Å². The molecule has 0 aliphatic heterocycles. The van der Waals surface area contributed by atoms with Crippen molar-refractivity contribution in [1.82, 2.24) is 0 Å². The van der Waals surface area contributed by atoms with E-state index in [4.69, 9.17) is 0 Å². The van der Waals surface area contributed by atoms with Crippen LogP contribution in [0.25, 0.3) is 0 Å². The van der Waals surface area contributed by atoms with Crippen LogP contribution in [-0.4, -0.2) is 136 Å². The predicted octanol–water partition coefficient (Wildman–Crippen LogP) is -13.7. The number of hydrogen-bond acceptors (Lipinski definition) is 0. The van der Waals surface area contributed by atoms with E-state index in [1.165, 1.54) is 0 Å². The van der Waals surface area contributed by atoms with Gasteiger partial charge >= 0.3 is 136 Å². The fourth-order valence-electron chi connectivity index (χ4n) is 0. The van der Waals surface area contributed by atoms with E-state index >= 15 is 0 Å². The van der Waals surface area contributed by atoms with Gasteiger partial charge in [0.25, 0.3) is 0 Å². The Hall–Kier alpha value is 6.44. The first-order valence-corrected chi connectivity index (χ1v) is 0. The van der Waals surface area contributed by atoms with Crippen LogP contribution in [0, 0.1) is 0 Å². The summed E-state index contributed by atoms with van der Waals surface area (Å²) < 4.78 is 0. The maximum absolute atomic E-state index is 0. The molecule has 0 aromatic rings. The van der Waals surface area contributed by atoms with Crippen molar-refractivity contribution in [3.63, 3.8) is 0 Å². The summed E-state index contributed by atoms with van der Waals surface area (Å²) in [5.74, 6) is 0. The normalized spacial score (nSPS) is 0. The third kappa shape index (κ3) is 32.7. The van der Waals surface area contributed by atoms with E-state index in [9.17, 15) is 0 Å². The zero-order chi connectivity index (χ0) is 0. The molecule has 0 saturated heterocycles. The molecule has 0 bridgehead atoms. The van der Waals surface area contributed by atoms with E-state index in [-0.39, 0.29) is 208 Å². The molecule has 7 heavy (non-hydrogen) atoms. The fraction of sp³-hybridized carbons (Fsp3) is 0. The molecule has 0 rings (SSSR count). The second kappa shape index (κ2) is 39.2. The average molecular weight is 641 g/mol. The molecule has 0 fully saturated rings. The molecule has 7 heteroatoms. The van der Waals surface area contributed by atoms with Gasteiger partial charge in [-0.15, -0.1) is 0 Å². The Kier molecular flexibility index (Phi) is 281. The van der Waals surface area contributed by atoms with Gasteiger partial charge in [-0.2, -0.15) is 0 Å². The van der Waals surface area contributed by atoms with Crippen LogP contribution in [0.15, 0.2) is 0 Å². The number of halogens is 4. The predicted molar refractivity (Wildman–Crippen MR) is 20.1 cm³/mol. The Labute approximate surface area is 201 Å². The Balaban J connectivity index is 0. The quantitative estimate of drug-likeness (QED) is 0.182. The van der Waals surface area contributed by atoms with Gasteiger partial charge in [0.05, 0.1) is 0 Å². The smallest absolute Gasteiger partial charge is 1.00 e. The SMILES string of the molecule is [Ba+2].[BaH2].[Ca+2].[Cl-].[Cl-].[I-].[I-]. The molecule has 0 spiro atoms. The van der Waals surface area contributed by atoms with Crippen molar-refractivity contribution in [2.24, 2.45) is 0 Å². The maximum Gasteiger partial charge on any atom is 2.00 e. The Morgan fingerprint density at radius 2 is 0.714 bits per heavy atom. The minimum absolute atomic E-state index is 0. The molecule has 0 heterocycles. The van der Waals surface area contributed by atoms with Gasteiger partial charge in [-0.3, -0.25) is 0 Å². The van der Waals surface area contributed by atoms with Crippen LogP contribution >= 0.6 is 0 Å². The van der Waals surface area contributed by atoms with Crippen molar-refractivity contribution in [3.8, 4) is 0 Å². The first-order valence-electron chi connectivity index (χ1n) is 0. The van der Waals surface area contributed by atoms with Crippen LogP contribution in [0.5, 0.6) is 0 Å². The van der Waals surface area contributed by atoms with E-state index in [1.807, 2.05) is 0 Å². The monoisotopic (exact) mass is 642 g/mol. The van der Waals surface area contributed by atoms with Crippen LogP contribution in [-0.2, 0) is 0 Å². The third-order valence-corrected chi connectivity index (χ3v) is 0. The van der Waals surface area contributed by atoms with Gasteiger partial charge in [0.15, 0.2) is 0 Å². The van der Waals surface area contributed by atoms with E-state index < -0.39 is 0 Å². The molecule has 0 unspecified atom stereocenters. The average Bonchev–Trinajstić information content (AvgIpc) is 0. The standard InChI is InChI=1S/2Ba.Ca.2ClH.2HI.2H/h;;;4*1H;;/q;2*+2;;;;;;/p-4. The van der Waals surface area contributed by atoms with Crippen LogP contribution in [0.4, 0.5) is 0 Å². The first kappa shape index (κ1) is 50.1. The summed E-state index contributed by atoms with van der Waals surface area (Å²) in [5.41, 5.74) is 0. The van der Waals surface area contributed by atoms with Gasteiger partial charge in [0.2, 0.25) is 0 Å². The Bertz CT molecular complexity index is 13.7. The molecule has 0 nitrogen and oxygen atoms in total. The number of rotatable bonds is 0. The summed E-state index contributed by atoms with van der Waals surface area (Å²) in [6, 6.07) is 0. The summed E-state index contributed by atoms with van der Waals surface area (Å²) in [5, 5.41) is 0. The van der Waals surface area contributed by atoms with Gasteiger partial charge < -0.3 is 72.8 Å². The summed E-state index contributed by atoms with van der Waals surface area (Å²) in [6.45, 7) is 0. The minimum atomic E-state index is 0. The molecule has 0 radical (unpaired) electrons. The molecule has 0 aliphatic rings. The van der Waals surface area contributed by atoms with E-state index in [1.54, 1.807) is 0 Å². The number of hydrogen-bond donors (Lipinski definition) is 0. The zero-order valence-corrected chi connectivity index (χ0v) is 15.4. The van der Waals surface area contributed by atoms with Crippen molar-refractivity contribution < 1.29 is 72.8 Å². The Morgan fingerprint density at radius 3 is 0.714 bits per heavy atom.